The lowest BCUT2D eigenvalue weighted by atomic mass is 9.93. The molecule has 2 aromatic rings. The van der Waals surface area contributed by atoms with Gasteiger partial charge < -0.3 is 10.5 Å². The van der Waals surface area contributed by atoms with Crippen molar-refractivity contribution in [2.45, 2.75) is 26.2 Å². The van der Waals surface area contributed by atoms with E-state index >= 15 is 0 Å². The summed E-state index contributed by atoms with van der Waals surface area (Å²) < 4.78 is 5.74. The van der Waals surface area contributed by atoms with E-state index in [1.165, 1.54) is 16.0 Å². The van der Waals surface area contributed by atoms with Gasteiger partial charge in [0.05, 0.1) is 6.61 Å². The van der Waals surface area contributed by atoms with E-state index in [2.05, 4.69) is 42.6 Å². The number of benzene rings is 1. The largest absolute Gasteiger partial charge is 0.494 e. The first-order chi connectivity index (χ1) is 9.24. The molecule has 0 fully saturated rings. The van der Waals surface area contributed by atoms with E-state index in [0.29, 0.717) is 19.1 Å². The number of hydrogen-bond donors (Lipinski definition) is 1. The maximum absolute atomic E-state index is 5.99. The highest BCUT2D eigenvalue weighted by Crippen LogP contribution is 2.31. The standard InChI is InChI=1S/C16H21NOS/c1-3-18-16-7-6-12(2)9-15(16)13(11-17)10-14-5-4-8-19-14/h4-9,13H,3,10-11,17H2,1-2H3. The molecule has 1 unspecified atom stereocenters. The second-order valence-electron chi connectivity index (χ2n) is 4.69. The Morgan fingerprint density at radius 3 is 2.79 bits per heavy atom. The molecular weight excluding hydrogens is 254 g/mol. The normalized spacial score (nSPS) is 12.4. The molecule has 19 heavy (non-hydrogen) atoms. The van der Waals surface area contributed by atoms with E-state index < -0.39 is 0 Å². The third kappa shape index (κ3) is 3.58. The van der Waals surface area contributed by atoms with Crippen LogP contribution in [0.5, 0.6) is 5.75 Å². The monoisotopic (exact) mass is 275 g/mol. The van der Waals surface area contributed by atoms with E-state index in [1.54, 1.807) is 11.3 Å². The van der Waals surface area contributed by atoms with Crippen LogP contribution >= 0.6 is 11.3 Å². The first-order valence-corrected chi connectivity index (χ1v) is 7.58. The maximum atomic E-state index is 5.99. The maximum Gasteiger partial charge on any atom is 0.122 e. The van der Waals surface area contributed by atoms with Gasteiger partial charge in [0.1, 0.15) is 5.75 Å². The van der Waals surface area contributed by atoms with Crippen LogP contribution < -0.4 is 10.5 Å². The highest BCUT2D eigenvalue weighted by atomic mass is 32.1. The third-order valence-corrected chi connectivity index (χ3v) is 4.12. The molecule has 0 aliphatic rings. The van der Waals surface area contributed by atoms with Gasteiger partial charge >= 0.3 is 0 Å². The Morgan fingerprint density at radius 1 is 1.32 bits per heavy atom. The highest BCUT2D eigenvalue weighted by Gasteiger charge is 2.16. The smallest absolute Gasteiger partial charge is 0.122 e. The predicted molar refractivity (Wildman–Crippen MR) is 82.2 cm³/mol. The Bertz CT molecular complexity index is 507. The minimum Gasteiger partial charge on any atom is -0.494 e. The number of rotatable bonds is 6. The van der Waals surface area contributed by atoms with Gasteiger partial charge in [-0.1, -0.05) is 23.8 Å². The number of ether oxygens (including phenoxy) is 1. The van der Waals surface area contributed by atoms with Crippen molar-refractivity contribution in [1.29, 1.82) is 0 Å². The second kappa shape index (κ2) is 6.73. The quantitative estimate of drug-likeness (QED) is 0.871. The molecule has 2 nitrogen and oxygen atoms in total. The topological polar surface area (TPSA) is 35.2 Å². The molecule has 0 bridgehead atoms. The van der Waals surface area contributed by atoms with Gasteiger partial charge in [0.15, 0.2) is 0 Å². The van der Waals surface area contributed by atoms with Gasteiger partial charge in [-0.25, -0.2) is 0 Å². The lowest BCUT2D eigenvalue weighted by Crippen LogP contribution is -2.16. The van der Waals surface area contributed by atoms with Crippen molar-refractivity contribution in [2.24, 2.45) is 5.73 Å². The van der Waals surface area contributed by atoms with E-state index in [4.69, 9.17) is 10.5 Å². The molecule has 3 heteroatoms. The van der Waals surface area contributed by atoms with Crippen LogP contribution in [-0.4, -0.2) is 13.2 Å². The van der Waals surface area contributed by atoms with Gasteiger partial charge in [-0.15, -0.1) is 11.3 Å². The van der Waals surface area contributed by atoms with Crippen molar-refractivity contribution in [3.05, 3.63) is 51.7 Å². The number of thiophene rings is 1. The van der Waals surface area contributed by atoms with Crippen molar-refractivity contribution in [3.8, 4) is 5.75 Å². The zero-order chi connectivity index (χ0) is 13.7. The molecule has 2 rings (SSSR count). The van der Waals surface area contributed by atoms with Crippen molar-refractivity contribution in [1.82, 2.24) is 0 Å². The van der Waals surface area contributed by atoms with Gasteiger partial charge in [0, 0.05) is 10.8 Å². The van der Waals surface area contributed by atoms with Gasteiger partial charge in [-0.3, -0.25) is 0 Å². The molecule has 0 aliphatic heterocycles. The number of aryl methyl sites for hydroxylation is 1. The summed E-state index contributed by atoms with van der Waals surface area (Å²) >= 11 is 1.79. The van der Waals surface area contributed by atoms with E-state index in [0.717, 1.165) is 12.2 Å². The van der Waals surface area contributed by atoms with Crippen LogP contribution in [0.2, 0.25) is 0 Å². The lowest BCUT2D eigenvalue weighted by Gasteiger charge is -2.19. The highest BCUT2D eigenvalue weighted by molar-refractivity contribution is 7.09. The van der Waals surface area contributed by atoms with Crippen molar-refractivity contribution < 1.29 is 4.74 Å². The fraction of sp³-hybridized carbons (Fsp3) is 0.375. The fourth-order valence-electron chi connectivity index (χ4n) is 2.27. The van der Waals surface area contributed by atoms with E-state index in [9.17, 15) is 0 Å². The summed E-state index contributed by atoms with van der Waals surface area (Å²) in [7, 11) is 0. The summed E-state index contributed by atoms with van der Waals surface area (Å²) in [5.41, 5.74) is 8.47. The van der Waals surface area contributed by atoms with Gasteiger partial charge in [0.25, 0.3) is 0 Å². The van der Waals surface area contributed by atoms with Crippen LogP contribution in [0.15, 0.2) is 35.7 Å². The molecule has 1 atom stereocenters. The average Bonchev–Trinajstić information content (AvgIpc) is 2.91. The Balaban J connectivity index is 2.28. The summed E-state index contributed by atoms with van der Waals surface area (Å²) in [6.45, 7) is 5.45. The first kappa shape index (κ1) is 14.1. The van der Waals surface area contributed by atoms with Crippen LogP contribution in [-0.2, 0) is 6.42 Å². The fourth-order valence-corrected chi connectivity index (χ4v) is 3.05. The lowest BCUT2D eigenvalue weighted by molar-refractivity contribution is 0.334. The zero-order valence-electron chi connectivity index (χ0n) is 11.6. The van der Waals surface area contributed by atoms with Crippen LogP contribution in [0, 0.1) is 6.92 Å². The van der Waals surface area contributed by atoms with Crippen molar-refractivity contribution >= 4 is 11.3 Å². The number of nitrogens with two attached hydrogens (primary N) is 1. The Morgan fingerprint density at radius 2 is 2.16 bits per heavy atom. The molecule has 1 heterocycles. The summed E-state index contributed by atoms with van der Waals surface area (Å²) in [5.74, 6) is 1.29. The molecule has 0 saturated heterocycles. The molecular formula is C16H21NOS. The summed E-state index contributed by atoms with van der Waals surface area (Å²) in [4.78, 5) is 1.37. The Labute approximate surface area is 119 Å². The van der Waals surface area contributed by atoms with Gasteiger partial charge in [-0.05, 0) is 49.9 Å². The van der Waals surface area contributed by atoms with E-state index in [-0.39, 0.29) is 0 Å². The molecule has 1 aromatic heterocycles. The average molecular weight is 275 g/mol. The number of hydrogen-bond acceptors (Lipinski definition) is 3. The summed E-state index contributed by atoms with van der Waals surface area (Å²) in [5, 5.41) is 2.11. The first-order valence-electron chi connectivity index (χ1n) is 6.70. The van der Waals surface area contributed by atoms with E-state index in [1.807, 2.05) is 6.92 Å². The van der Waals surface area contributed by atoms with Crippen LogP contribution in [0.1, 0.15) is 28.8 Å². The van der Waals surface area contributed by atoms with Gasteiger partial charge in [0.2, 0.25) is 0 Å². The van der Waals surface area contributed by atoms with Crippen LogP contribution in [0.3, 0.4) is 0 Å². The molecule has 2 N–H and O–H groups in total. The second-order valence-corrected chi connectivity index (χ2v) is 5.72. The SMILES string of the molecule is CCOc1ccc(C)cc1C(CN)Cc1cccs1. The van der Waals surface area contributed by atoms with Crippen LogP contribution in [0.25, 0.3) is 0 Å². The summed E-state index contributed by atoms with van der Waals surface area (Å²) in [6, 6.07) is 10.6. The predicted octanol–water partition coefficient (Wildman–Crippen LogP) is 3.74. The Kier molecular flexibility index (Phi) is 5.00. The molecule has 102 valence electrons. The Hall–Kier alpha value is -1.32. The molecule has 1 aromatic carbocycles. The van der Waals surface area contributed by atoms with Crippen molar-refractivity contribution in [2.75, 3.05) is 13.2 Å². The summed E-state index contributed by atoms with van der Waals surface area (Å²) in [6.07, 6.45) is 0.984. The van der Waals surface area contributed by atoms with Crippen molar-refractivity contribution in [3.63, 3.8) is 0 Å². The third-order valence-electron chi connectivity index (χ3n) is 3.22. The molecule has 0 radical (unpaired) electrons. The molecule has 0 amide bonds. The molecule has 0 spiro atoms. The van der Waals surface area contributed by atoms with Gasteiger partial charge in [-0.2, -0.15) is 0 Å². The van der Waals surface area contributed by atoms with Crippen LogP contribution in [0.4, 0.5) is 0 Å². The minimum atomic E-state index is 0.320. The zero-order valence-corrected chi connectivity index (χ0v) is 12.4. The molecule has 0 aliphatic carbocycles. The molecule has 0 saturated carbocycles. The minimum absolute atomic E-state index is 0.320.